The molecule has 0 saturated heterocycles. The molecule has 3 rings (SSSR count). The van der Waals surface area contributed by atoms with E-state index in [9.17, 15) is 4.79 Å². The number of hydrogen-bond acceptors (Lipinski definition) is 2. The van der Waals surface area contributed by atoms with Gasteiger partial charge in [0.05, 0.1) is 0 Å². The molecule has 2 aromatic carbocycles. The van der Waals surface area contributed by atoms with E-state index in [0.717, 1.165) is 31.6 Å². The van der Waals surface area contributed by atoms with Crippen LogP contribution in [-0.2, 0) is 12.8 Å². The summed E-state index contributed by atoms with van der Waals surface area (Å²) in [5.41, 5.74) is 3.53. The molecule has 24 heavy (non-hydrogen) atoms. The number of urea groups is 1. The summed E-state index contributed by atoms with van der Waals surface area (Å²) in [6, 6.07) is 18.6. The van der Waals surface area contributed by atoms with Crippen LogP contribution in [-0.4, -0.2) is 44.2 Å². The molecule has 2 aromatic rings. The van der Waals surface area contributed by atoms with E-state index in [1.807, 2.05) is 55.4 Å². The molecule has 0 spiro atoms. The van der Waals surface area contributed by atoms with Crippen LogP contribution >= 0.6 is 0 Å². The quantitative estimate of drug-likeness (QED) is 0.918. The molecule has 1 N–H and O–H groups in total. The number of benzene rings is 2. The fourth-order valence-electron chi connectivity index (χ4n) is 3.30. The van der Waals surface area contributed by atoms with Crippen molar-refractivity contribution >= 4 is 11.7 Å². The van der Waals surface area contributed by atoms with Gasteiger partial charge in [-0.1, -0.05) is 48.5 Å². The third-order valence-electron chi connectivity index (χ3n) is 4.37. The van der Waals surface area contributed by atoms with E-state index < -0.39 is 0 Å². The number of carbonyl (C=O) groups excluding carboxylic acids is 1. The molecule has 1 aliphatic rings. The fourth-order valence-corrected chi connectivity index (χ4v) is 3.30. The zero-order valence-corrected chi connectivity index (χ0v) is 14.4. The number of rotatable bonds is 5. The predicted molar refractivity (Wildman–Crippen MR) is 98.5 cm³/mol. The van der Waals surface area contributed by atoms with E-state index in [2.05, 4.69) is 28.4 Å². The Morgan fingerprint density at radius 2 is 1.83 bits per heavy atom. The van der Waals surface area contributed by atoms with E-state index in [1.165, 1.54) is 11.1 Å². The lowest BCUT2D eigenvalue weighted by atomic mass is 10.1. The van der Waals surface area contributed by atoms with E-state index in [0.29, 0.717) is 0 Å². The van der Waals surface area contributed by atoms with Crippen molar-refractivity contribution in [2.45, 2.75) is 18.9 Å². The molecule has 1 aliphatic heterocycles. The smallest absolute Gasteiger partial charge is 0.322 e. The number of amides is 2. The maximum absolute atomic E-state index is 12.8. The van der Waals surface area contributed by atoms with Crippen LogP contribution in [0, 0.1) is 0 Å². The molecule has 0 fully saturated rings. The third kappa shape index (κ3) is 3.95. The standard InChI is InChI=1S/C20H25N3O/c1-22(2)15-18(14-16-8-4-3-5-9-16)21-20(24)23-13-12-17-10-6-7-11-19(17)23/h3-11,18H,12-15H2,1-2H3,(H,21,24). The van der Waals surface area contributed by atoms with E-state index in [1.54, 1.807) is 0 Å². The zero-order chi connectivity index (χ0) is 16.9. The second kappa shape index (κ2) is 7.49. The number of likely N-dealkylation sites (N-methyl/N-ethyl adjacent to an activating group) is 1. The van der Waals surface area contributed by atoms with Gasteiger partial charge in [-0.3, -0.25) is 4.90 Å². The molecule has 1 heterocycles. The van der Waals surface area contributed by atoms with Gasteiger partial charge in [0.2, 0.25) is 0 Å². The minimum atomic E-state index is 0.00253. The number of para-hydroxylation sites is 1. The van der Waals surface area contributed by atoms with Crippen molar-refractivity contribution in [3.63, 3.8) is 0 Å². The van der Waals surface area contributed by atoms with Crippen molar-refractivity contribution in [3.8, 4) is 0 Å². The highest BCUT2D eigenvalue weighted by molar-refractivity contribution is 5.94. The van der Waals surface area contributed by atoms with Gasteiger partial charge in [0.1, 0.15) is 0 Å². The van der Waals surface area contributed by atoms with Crippen molar-refractivity contribution in [3.05, 3.63) is 65.7 Å². The summed E-state index contributed by atoms with van der Waals surface area (Å²) in [7, 11) is 4.07. The fraction of sp³-hybridized carbons (Fsp3) is 0.350. The SMILES string of the molecule is CN(C)CC(Cc1ccccc1)NC(=O)N1CCc2ccccc21. The molecule has 0 aromatic heterocycles. The van der Waals surface area contributed by atoms with Crippen LogP contribution in [0.3, 0.4) is 0 Å². The van der Waals surface area contributed by atoms with Crippen LogP contribution in [0.5, 0.6) is 0 Å². The first kappa shape index (κ1) is 16.5. The Morgan fingerprint density at radius 3 is 2.58 bits per heavy atom. The molecule has 0 radical (unpaired) electrons. The monoisotopic (exact) mass is 323 g/mol. The Bertz CT molecular complexity index is 684. The van der Waals surface area contributed by atoms with Crippen molar-refractivity contribution in [1.29, 1.82) is 0 Å². The first-order valence-corrected chi connectivity index (χ1v) is 8.48. The molecular formula is C20H25N3O. The Hall–Kier alpha value is -2.33. The highest BCUT2D eigenvalue weighted by atomic mass is 16.2. The summed E-state index contributed by atoms with van der Waals surface area (Å²) in [4.78, 5) is 16.8. The summed E-state index contributed by atoms with van der Waals surface area (Å²) in [5, 5.41) is 3.22. The summed E-state index contributed by atoms with van der Waals surface area (Å²) in [5.74, 6) is 0. The number of nitrogens with one attached hydrogen (secondary N) is 1. The highest BCUT2D eigenvalue weighted by Crippen LogP contribution is 2.27. The Kier molecular flexibility index (Phi) is 5.16. The van der Waals surface area contributed by atoms with Gasteiger partial charge < -0.3 is 10.2 Å². The highest BCUT2D eigenvalue weighted by Gasteiger charge is 2.26. The lowest BCUT2D eigenvalue weighted by molar-refractivity contribution is 0.238. The maximum Gasteiger partial charge on any atom is 0.322 e. The number of anilines is 1. The zero-order valence-electron chi connectivity index (χ0n) is 14.4. The summed E-state index contributed by atoms with van der Waals surface area (Å²) in [6.07, 6.45) is 1.76. The molecule has 1 atom stereocenters. The van der Waals surface area contributed by atoms with Crippen LogP contribution in [0.15, 0.2) is 54.6 Å². The second-order valence-corrected chi connectivity index (χ2v) is 6.63. The van der Waals surface area contributed by atoms with E-state index in [-0.39, 0.29) is 12.1 Å². The average Bonchev–Trinajstić information content (AvgIpc) is 2.99. The molecular weight excluding hydrogens is 298 g/mol. The van der Waals surface area contributed by atoms with Gasteiger partial charge in [0, 0.05) is 24.8 Å². The molecule has 4 heteroatoms. The normalized spacial score (nSPS) is 14.5. The van der Waals surface area contributed by atoms with Crippen LogP contribution in [0.2, 0.25) is 0 Å². The van der Waals surface area contributed by atoms with Gasteiger partial charge >= 0.3 is 6.03 Å². The lowest BCUT2D eigenvalue weighted by Crippen LogP contribution is -2.48. The number of hydrogen-bond donors (Lipinski definition) is 1. The summed E-state index contributed by atoms with van der Waals surface area (Å²) >= 11 is 0. The topological polar surface area (TPSA) is 35.6 Å². The van der Waals surface area contributed by atoms with Gasteiger partial charge in [0.15, 0.2) is 0 Å². The van der Waals surface area contributed by atoms with Crippen molar-refractivity contribution in [1.82, 2.24) is 10.2 Å². The van der Waals surface area contributed by atoms with Gasteiger partial charge in [-0.2, -0.15) is 0 Å². The molecule has 0 bridgehead atoms. The largest absolute Gasteiger partial charge is 0.333 e. The van der Waals surface area contributed by atoms with Crippen LogP contribution < -0.4 is 10.2 Å². The van der Waals surface area contributed by atoms with E-state index >= 15 is 0 Å². The lowest BCUT2D eigenvalue weighted by Gasteiger charge is -2.26. The number of carbonyl (C=O) groups is 1. The minimum absolute atomic E-state index is 0.00253. The van der Waals surface area contributed by atoms with Gasteiger partial charge in [-0.05, 0) is 44.1 Å². The molecule has 0 saturated carbocycles. The van der Waals surface area contributed by atoms with Crippen molar-refractivity contribution in [2.75, 3.05) is 32.1 Å². The van der Waals surface area contributed by atoms with Crippen LogP contribution in [0.4, 0.5) is 10.5 Å². The summed E-state index contributed by atoms with van der Waals surface area (Å²) < 4.78 is 0. The van der Waals surface area contributed by atoms with Gasteiger partial charge in [0.25, 0.3) is 0 Å². The summed E-state index contributed by atoms with van der Waals surface area (Å²) in [6.45, 7) is 1.57. The molecule has 0 aliphatic carbocycles. The average molecular weight is 323 g/mol. The molecule has 4 nitrogen and oxygen atoms in total. The molecule has 1 unspecified atom stereocenters. The van der Waals surface area contributed by atoms with Crippen molar-refractivity contribution in [2.24, 2.45) is 0 Å². The third-order valence-corrected chi connectivity index (χ3v) is 4.37. The number of nitrogens with zero attached hydrogens (tertiary/aromatic N) is 2. The number of fused-ring (bicyclic) bond motifs is 1. The first-order chi connectivity index (χ1) is 11.6. The van der Waals surface area contributed by atoms with Crippen LogP contribution in [0.1, 0.15) is 11.1 Å². The maximum atomic E-state index is 12.8. The van der Waals surface area contributed by atoms with Gasteiger partial charge in [-0.25, -0.2) is 4.79 Å². The van der Waals surface area contributed by atoms with Gasteiger partial charge in [-0.15, -0.1) is 0 Å². The predicted octanol–water partition coefficient (Wildman–Crippen LogP) is 2.93. The van der Waals surface area contributed by atoms with Crippen LogP contribution in [0.25, 0.3) is 0 Å². The molecule has 126 valence electrons. The first-order valence-electron chi connectivity index (χ1n) is 8.48. The Labute approximate surface area is 144 Å². The second-order valence-electron chi connectivity index (χ2n) is 6.63. The molecule has 2 amide bonds. The van der Waals surface area contributed by atoms with E-state index in [4.69, 9.17) is 0 Å². The van der Waals surface area contributed by atoms with Crippen molar-refractivity contribution < 1.29 is 4.79 Å². The Balaban J connectivity index is 1.69. The Morgan fingerprint density at radius 1 is 1.12 bits per heavy atom. The minimum Gasteiger partial charge on any atom is -0.333 e.